The maximum absolute atomic E-state index is 12.2. The van der Waals surface area contributed by atoms with Crippen molar-refractivity contribution in [2.24, 2.45) is 0 Å². The van der Waals surface area contributed by atoms with Gasteiger partial charge in [0.2, 0.25) is 11.8 Å². The highest BCUT2D eigenvalue weighted by Gasteiger charge is 2.40. The molecule has 1 rings (SSSR count). The molecule has 0 bridgehead atoms. The molecule has 138 valence electrons. The van der Waals surface area contributed by atoms with E-state index in [9.17, 15) is 19.5 Å². The van der Waals surface area contributed by atoms with E-state index in [1.165, 1.54) is 0 Å². The highest BCUT2D eigenvalue weighted by molar-refractivity contribution is 5.80. The predicted octanol–water partition coefficient (Wildman–Crippen LogP) is 1.24. The second kappa shape index (κ2) is 9.61. The van der Waals surface area contributed by atoms with Gasteiger partial charge in [0.1, 0.15) is 0 Å². The summed E-state index contributed by atoms with van der Waals surface area (Å²) in [5, 5.41) is 18.8. The Bertz CT molecular complexity index is 438. The SMILES string of the molecule is CCCN(CCC)C(=O)CCCC(=O)N1CCC(O)(C(=O)O)CC1. The maximum Gasteiger partial charge on any atom is 0.335 e. The smallest absolute Gasteiger partial charge is 0.335 e. The fraction of sp³-hybridized carbons (Fsp3) is 0.824. The number of amides is 2. The van der Waals surface area contributed by atoms with Gasteiger partial charge in [-0.3, -0.25) is 9.59 Å². The van der Waals surface area contributed by atoms with Gasteiger partial charge in [-0.2, -0.15) is 0 Å². The number of nitrogens with zero attached hydrogens (tertiary/aromatic N) is 2. The Morgan fingerprint density at radius 1 is 1.04 bits per heavy atom. The van der Waals surface area contributed by atoms with E-state index in [4.69, 9.17) is 5.11 Å². The highest BCUT2D eigenvalue weighted by Crippen LogP contribution is 2.23. The van der Waals surface area contributed by atoms with Gasteiger partial charge in [0.05, 0.1) is 0 Å². The predicted molar refractivity (Wildman–Crippen MR) is 89.4 cm³/mol. The first-order valence-corrected chi connectivity index (χ1v) is 8.85. The monoisotopic (exact) mass is 342 g/mol. The molecule has 0 atom stereocenters. The van der Waals surface area contributed by atoms with Crippen LogP contribution in [0.4, 0.5) is 0 Å². The number of carboxylic acids is 1. The molecule has 0 unspecified atom stereocenters. The lowest BCUT2D eigenvalue weighted by Gasteiger charge is -2.35. The summed E-state index contributed by atoms with van der Waals surface area (Å²) in [5.74, 6) is -1.22. The summed E-state index contributed by atoms with van der Waals surface area (Å²) < 4.78 is 0. The van der Waals surface area contributed by atoms with Gasteiger partial charge in [0, 0.05) is 51.9 Å². The summed E-state index contributed by atoms with van der Waals surface area (Å²) in [5.41, 5.74) is -1.71. The van der Waals surface area contributed by atoms with Crippen LogP contribution in [-0.4, -0.2) is 69.6 Å². The van der Waals surface area contributed by atoms with Crippen molar-refractivity contribution in [2.45, 2.75) is 64.4 Å². The van der Waals surface area contributed by atoms with Crippen molar-refractivity contribution in [1.82, 2.24) is 9.80 Å². The third-order valence-electron chi connectivity index (χ3n) is 4.46. The zero-order chi connectivity index (χ0) is 18.2. The van der Waals surface area contributed by atoms with Gasteiger partial charge in [0.15, 0.2) is 5.60 Å². The standard InChI is InChI=1S/C17H30N2O5/c1-3-10-18(11-4-2)14(20)6-5-7-15(21)19-12-8-17(24,9-13-19)16(22)23/h24H,3-13H2,1-2H3,(H,22,23). The average molecular weight is 342 g/mol. The first kappa shape index (κ1) is 20.4. The lowest BCUT2D eigenvalue weighted by atomic mass is 9.91. The molecule has 1 saturated heterocycles. The molecule has 0 aliphatic carbocycles. The second-order valence-corrected chi connectivity index (χ2v) is 6.45. The number of hydrogen-bond acceptors (Lipinski definition) is 4. The van der Waals surface area contributed by atoms with Crippen molar-refractivity contribution < 1.29 is 24.6 Å². The number of rotatable bonds is 9. The number of aliphatic carboxylic acids is 1. The van der Waals surface area contributed by atoms with Crippen LogP contribution in [0.15, 0.2) is 0 Å². The van der Waals surface area contributed by atoms with E-state index < -0.39 is 11.6 Å². The molecule has 1 aliphatic heterocycles. The Balaban J connectivity index is 2.34. The lowest BCUT2D eigenvalue weighted by molar-refractivity contribution is -0.165. The fourth-order valence-electron chi connectivity index (χ4n) is 2.95. The summed E-state index contributed by atoms with van der Waals surface area (Å²) in [6.07, 6.45) is 3.08. The van der Waals surface area contributed by atoms with E-state index in [0.717, 1.165) is 25.9 Å². The van der Waals surface area contributed by atoms with Crippen LogP contribution in [0.2, 0.25) is 0 Å². The molecule has 1 heterocycles. The second-order valence-electron chi connectivity index (χ2n) is 6.45. The van der Waals surface area contributed by atoms with Gasteiger partial charge in [-0.1, -0.05) is 13.8 Å². The zero-order valence-electron chi connectivity index (χ0n) is 14.8. The third-order valence-corrected chi connectivity index (χ3v) is 4.46. The first-order chi connectivity index (χ1) is 11.3. The van der Waals surface area contributed by atoms with Crippen LogP contribution >= 0.6 is 0 Å². The molecule has 0 spiro atoms. The van der Waals surface area contributed by atoms with Crippen LogP contribution < -0.4 is 0 Å². The molecule has 2 N–H and O–H groups in total. The average Bonchev–Trinajstić information content (AvgIpc) is 2.55. The Labute approximate surface area is 143 Å². The first-order valence-electron chi connectivity index (χ1n) is 8.85. The van der Waals surface area contributed by atoms with Crippen molar-refractivity contribution in [3.05, 3.63) is 0 Å². The number of aliphatic hydroxyl groups is 1. The van der Waals surface area contributed by atoms with Crippen LogP contribution in [0, 0.1) is 0 Å². The van der Waals surface area contributed by atoms with Crippen LogP contribution in [0.1, 0.15) is 58.8 Å². The van der Waals surface area contributed by atoms with E-state index in [-0.39, 0.29) is 44.2 Å². The van der Waals surface area contributed by atoms with Gasteiger partial charge in [0.25, 0.3) is 0 Å². The van der Waals surface area contributed by atoms with Crippen LogP contribution in [-0.2, 0) is 14.4 Å². The highest BCUT2D eigenvalue weighted by atomic mass is 16.4. The zero-order valence-corrected chi connectivity index (χ0v) is 14.8. The summed E-state index contributed by atoms with van der Waals surface area (Å²) in [7, 11) is 0. The normalized spacial score (nSPS) is 16.7. The number of carboxylic acid groups (broad SMARTS) is 1. The lowest BCUT2D eigenvalue weighted by Crippen LogP contribution is -2.50. The van der Waals surface area contributed by atoms with E-state index in [2.05, 4.69) is 0 Å². The topological polar surface area (TPSA) is 98.2 Å². The minimum absolute atomic E-state index is 0.0494. The number of likely N-dealkylation sites (tertiary alicyclic amines) is 1. The summed E-state index contributed by atoms with van der Waals surface area (Å²) >= 11 is 0. The minimum atomic E-state index is -1.71. The largest absolute Gasteiger partial charge is 0.479 e. The van der Waals surface area contributed by atoms with E-state index >= 15 is 0 Å². The molecule has 2 amide bonds. The van der Waals surface area contributed by atoms with Gasteiger partial charge >= 0.3 is 5.97 Å². The molecule has 7 heteroatoms. The quantitative estimate of drug-likeness (QED) is 0.657. The number of carbonyl (C=O) groups is 3. The molecule has 1 fully saturated rings. The molecule has 0 aromatic heterocycles. The molecule has 24 heavy (non-hydrogen) atoms. The van der Waals surface area contributed by atoms with Crippen LogP contribution in [0.3, 0.4) is 0 Å². The van der Waals surface area contributed by atoms with Gasteiger partial charge in [-0.15, -0.1) is 0 Å². The summed E-state index contributed by atoms with van der Waals surface area (Å²) in [6.45, 7) is 6.06. The molecule has 0 radical (unpaired) electrons. The Morgan fingerprint density at radius 2 is 1.58 bits per heavy atom. The van der Waals surface area contributed by atoms with Crippen LogP contribution in [0.5, 0.6) is 0 Å². The minimum Gasteiger partial charge on any atom is -0.479 e. The van der Waals surface area contributed by atoms with E-state index in [1.807, 2.05) is 18.7 Å². The van der Waals surface area contributed by atoms with Crippen molar-refractivity contribution in [3.63, 3.8) is 0 Å². The maximum atomic E-state index is 12.2. The molecule has 0 aromatic rings. The molecule has 0 saturated carbocycles. The fourth-order valence-corrected chi connectivity index (χ4v) is 2.95. The van der Waals surface area contributed by atoms with E-state index in [1.54, 1.807) is 4.90 Å². The molecule has 0 aromatic carbocycles. The van der Waals surface area contributed by atoms with Crippen molar-refractivity contribution >= 4 is 17.8 Å². The third kappa shape index (κ3) is 5.78. The number of hydrogen-bond donors (Lipinski definition) is 2. The summed E-state index contributed by atoms with van der Waals surface area (Å²) in [4.78, 5) is 38.7. The Hall–Kier alpha value is -1.63. The van der Waals surface area contributed by atoms with Gasteiger partial charge < -0.3 is 20.0 Å². The molecule has 7 nitrogen and oxygen atoms in total. The molecular weight excluding hydrogens is 312 g/mol. The van der Waals surface area contributed by atoms with Crippen molar-refractivity contribution in [2.75, 3.05) is 26.2 Å². The molecular formula is C17H30N2O5. The molecule has 1 aliphatic rings. The summed E-state index contributed by atoms with van der Waals surface area (Å²) in [6, 6.07) is 0. The Kier molecular flexibility index (Phi) is 8.18. The van der Waals surface area contributed by atoms with Crippen LogP contribution in [0.25, 0.3) is 0 Å². The van der Waals surface area contributed by atoms with E-state index in [0.29, 0.717) is 12.8 Å². The van der Waals surface area contributed by atoms with Crippen molar-refractivity contribution in [3.8, 4) is 0 Å². The van der Waals surface area contributed by atoms with Gasteiger partial charge in [-0.05, 0) is 19.3 Å². The number of piperidine rings is 1. The van der Waals surface area contributed by atoms with Crippen molar-refractivity contribution in [1.29, 1.82) is 0 Å². The number of carbonyl (C=O) groups excluding carboxylic acids is 2. The Morgan fingerprint density at radius 3 is 2.04 bits per heavy atom. The van der Waals surface area contributed by atoms with Gasteiger partial charge in [-0.25, -0.2) is 4.79 Å².